The monoisotopic (exact) mass is 387 g/mol. The van der Waals surface area contributed by atoms with E-state index < -0.39 is 0 Å². The van der Waals surface area contributed by atoms with Crippen molar-refractivity contribution in [2.24, 2.45) is 5.10 Å². The molecule has 0 radical (unpaired) electrons. The molecule has 0 aliphatic carbocycles. The Morgan fingerprint density at radius 1 is 1.30 bits per heavy atom. The van der Waals surface area contributed by atoms with Crippen molar-refractivity contribution in [1.29, 1.82) is 0 Å². The summed E-state index contributed by atoms with van der Waals surface area (Å²) >= 11 is 1.25. The Balaban J connectivity index is 1.66. The topological polar surface area (TPSA) is 96.8 Å². The molecule has 1 atom stereocenters. The Hall–Kier alpha value is -2.81. The van der Waals surface area contributed by atoms with E-state index in [1.807, 2.05) is 39.0 Å². The Morgan fingerprint density at radius 2 is 2.07 bits per heavy atom. The van der Waals surface area contributed by atoms with E-state index in [0.29, 0.717) is 22.3 Å². The molecule has 1 aromatic carbocycles. The van der Waals surface area contributed by atoms with Gasteiger partial charge in [0, 0.05) is 19.9 Å². The number of nitrogens with zero attached hydrogens (tertiary/aromatic N) is 4. The molecule has 0 bridgehead atoms. The van der Waals surface area contributed by atoms with E-state index in [0.717, 1.165) is 16.9 Å². The van der Waals surface area contributed by atoms with Gasteiger partial charge in [-0.25, -0.2) is 5.01 Å². The highest BCUT2D eigenvalue weighted by atomic mass is 32.1. The van der Waals surface area contributed by atoms with Gasteiger partial charge < -0.3 is 4.74 Å². The van der Waals surface area contributed by atoms with Crippen LogP contribution in [-0.2, 0) is 9.59 Å². The molecule has 1 N–H and O–H groups in total. The first-order chi connectivity index (χ1) is 12.8. The maximum atomic E-state index is 12.3. The second-order valence-corrected chi connectivity index (χ2v) is 7.33. The standard InChI is InChI=1S/C18H21N5O3S/c1-10-6-5-7-14(11(10)2)26-12(3)17-20-21-18(27-17)19-16(25)13-8-9-15(24)23(4)22-13/h5-7,12H,8-9H2,1-4H3,(H,19,21,25). The lowest BCUT2D eigenvalue weighted by Crippen LogP contribution is -2.34. The third-order valence-corrected chi connectivity index (χ3v) is 5.34. The van der Waals surface area contributed by atoms with E-state index in [9.17, 15) is 9.59 Å². The van der Waals surface area contributed by atoms with Gasteiger partial charge in [-0.3, -0.25) is 14.9 Å². The summed E-state index contributed by atoms with van der Waals surface area (Å²) in [5, 5.41) is 17.0. The molecule has 0 saturated heterocycles. The van der Waals surface area contributed by atoms with Gasteiger partial charge in [-0.05, 0) is 38.0 Å². The average molecular weight is 387 g/mol. The van der Waals surface area contributed by atoms with Gasteiger partial charge in [0.15, 0.2) is 5.01 Å². The van der Waals surface area contributed by atoms with Gasteiger partial charge in [0.1, 0.15) is 17.6 Å². The number of carbonyl (C=O) groups is 2. The fourth-order valence-corrected chi connectivity index (χ4v) is 3.26. The van der Waals surface area contributed by atoms with Gasteiger partial charge in [0.05, 0.1) is 0 Å². The van der Waals surface area contributed by atoms with Crippen LogP contribution in [0.15, 0.2) is 23.3 Å². The maximum absolute atomic E-state index is 12.3. The van der Waals surface area contributed by atoms with Crippen LogP contribution >= 0.6 is 11.3 Å². The lowest BCUT2D eigenvalue weighted by atomic mass is 10.1. The van der Waals surface area contributed by atoms with Crippen molar-refractivity contribution in [3.63, 3.8) is 0 Å². The molecular formula is C18H21N5O3S. The molecule has 9 heteroatoms. The number of nitrogens with one attached hydrogen (secondary N) is 1. The zero-order chi connectivity index (χ0) is 19.6. The Kier molecular flexibility index (Phi) is 5.50. The number of rotatable bonds is 5. The first kappa shape index (κ1) is 19.0. The number of ether oxygens (including phenoxy) is 1. The van der Waals surface area contributed by atoms with Crippen LogP contribution in [0.4, 0.5) is 5.13 Å². The van der Waals surface area contributed by atoms with E-state index in [1.54, 1.807) is 0 Å². The molecule has 2 amide bonds. The van der Waals surface area contributed by atoms with Crippen LogP contribution < -0.4 is 10.1 Å². The van der Waals surface area contributed by atoms with Crippen molar-refractivity contribution < 1.29 is 14.3 Å². The van der Waals surface area contributed by atoms with Gasteiger partial charge in [-0.2, -0.15) is 5.10 Å². The van der Waals surface area contributed by atoms with Crippen LogP contribution in [0.3, 0.4) is 0 Å². The van der Waals surface area contributed by atoms with Crippen LogP contribution in [0.2, 0.25) is 0 Å². The maximum Gasteiger partial charge on any atom is 0.273 e. The molecule has 1 aliphatic rings. The SMILES string of the molecule is Cc1cccc(OC(C)c2nnc(NC(=O)C3=NN(C)C(=O)CC3)s2)c1C. The minimum Gasteiger partial charge on any atom is -0.483 e. The van der Waals surface area contributed by atoms with Crippen LogP contribution in [-0.4, -0.2) is 39.8 Å². The van der Waals surface area contributed by atoms with Crippen molar-refractivity contribution in [1.82, 2.24) is 15.2 Å². The summed E-state index contributed by atoms with van der Waals surface area (Å²) < 4.78 is 6.00. The van der Waals surface area contributed by atoms with Gasteiger partial charge in [0.25, 0.3) is 5.91 Å². The molecule has 142 valence electrons. The second kappa shape index (κ2) is 7.83. The van der Waals surface area contributed by atoms with E-state index in [1.165, 1.54) is 23.4 Å². The van der Waals surface area contributed by atoms with E-state index >= 15 is 0 Å². The van der Waals surface area contributed by atoms with Crippen molar-refractivity contribution in [3.05, 3.63) is 34.3 Å². The molecule has 3 rings (SSSR count). The number of hydrogen-bond acceptors (Lipinski definition) is 7. The Morgan fingerprint density at radius 3 is 2.81 bits per heavy atom. The molecule has 1 aromatic heterocycles. The quantitative estimate of drug-likeness (QED) is 0.851. The smallest absolute Gasteiger partial charge is 0.273 e. The number of anilines is 1. The zero-order valence-corrected chi connectivity index (χ0v) is 16.5. The summed E-state index contributed by atoms with van der Waals surface area (Å²) in [5.74, 6) is 0.315. The summed E-state index contributed by atoms with van der Waals surface area (Å²) in [6, 6.07) is 5.90. The van der Waals surface area contributed by atoms with E-state index in [2.05, 4.69) is 20.6 Å². The van der Waals surface area contributed by atoms with Crippen LogP contribution in [0.25, 0.3) is 0 Å². The van der Waals surface area contributed by atoms with E-state index in [-0.39, 0.29) is 24.3 Å². The molecule has 2 aromatic rings. The first-order valence-electron chi connectivity index (χ1n) is 8.57. The summed E-state index contributed by atoms with van der Waals surface area (Å²) in [7, 11) is 1.53. The zero-order valence-electron chi connectivity index (χ0n) is 15.6. The average Bonchev–Trinajstić information content (AvgIpc) is 3.10. The molecule has 1 aliphatic heterocycles. The third kappa shape index (κ3) is 4.30. The number of hydrazone groups is 1. The predicted molar refractivity (Wildman–Crippen MR) is 103 cm³/mol. The van der Waals surface area contributed by atoms with Crippen molar-refractivity contribution in [3.8, 4) is 5.75 Å². The number of aromatic nitrogens is 2. The normalized spacial score (nSPS) is 15.3. The summed E-state index contributed by atoms with van der Waals surface area (Å²) in [4.78, 5) is 23.7. The van der Waals surface area contributed by atoms with Gasteiger partial charge in [0.2, 0.25) is 11.0 Å². The summed E-state index contributed by atoms with van der Waals surface area (Å²) in [5.41, 5.74) is 2.53. The second-order valence-electron chi connectivity index (χ2n) is 6.32. The Labute approximate surface area is 161 Å². The van der Waals surface area contributed by atoms with Crippen LogP contribution in [0, 0.1) is 13.8 Å². The molecule has 27 heavy (non-hydrogen) atoms. The number of benzene rings is 1. The summed E-state index contributed by atoms with van der Waals surface area (Å²) in [6.45, 7) is 5.93. The first-order valence-corrected chi connectivity index (χ1v) is 9.38. The van der Waals surface area contributed by atoms with Crippen LogP contribution in [0.1, 0.15) is 42.0 Å². The number of hydrogen-bond donors (Lipinski definition) is 1. The summed E-state index contributed by atoms with van der Waals surface area (Å²) in [6.07, 6.45) is 0.280. The molecular weight excluding hydrogens is 366 g/mol. The molecule has 0 saturated carbocycles. The van der Waals surface area contributed by atoms with Gasteiger partial charge in [-0.15, -0.1) is 10.2 Å². The highest BCUT2D eigenvalue weighted by Crippen LogP contribution is 2.29. The van der Waals surface area contributed by atoms with Crippen molar-refractivity contribution in [2.45, 2.75) is 39.7 Å². The molecule has 0 spiro atoms. The molecule has 1 unspecified atom stereocenters. The van der Waals surface area contributed by atoms with E-state index in [4.69, 9.17) is 4.74 Å². The van der Waals surface area contributed by atoms with Crippen molar-refractivity contribution in [2.75, 3.05) is 12.4 Å². The van der Waals surface area contributed by atoms with Crippen LogP contribution in [0.5, 0.6) is 5.75 Å². The van der Waals surface area contributed by atoms with Crippen molar-refractivity contribution >= 4 is 34.0 Å². The number of carbonyl (C=O) groups excluding carboxylic acids is 2. The third-order valence-electron chi connectivity index (χ3n) is 4.34. The molecule has 8 nitrogen and oxygen atoms in total. The molecule has 2 heterocycles. The lowest BCUT2D eigenvalue weighted by molar-refractivity contribution is -0.130. The fourth-order valence-electron chi connectivity index (χ4n) is 2.54. The Bertz CT molecular complexity index is 908. The molecule has 0 fully saturated rings. The minimum atomic E-state index is -0.375. The minimum absolute atomic E-state index is 0.109. The lowest BCUT2D eigenvalue weighted by Gasteiger charge is -2.18. The van der Waals surface area contributed by atoms with Gasteiger partial charge in [-0.1, -0.05) is 23.5 Å². The number of aryl methyl sites for hydroxylation is 1. The predicted octanol–water partition coefficient (Wildman–Crippen LogP) is 2.84. The fraction of sp³-hybridized carbons (Fsp3) is 0.389. The highest BCUT2D eigenvalue weighted by molar-refractivity contribution is 7.15. The largest absolute Gasteiger partial charge is 0.483 e. The van der Waals surface area contributed by atoms with Gasteiger partial charge >= 0.3 is 0 Å². The number of amides is 2. The highest BCUT2D eigenvalue weighted by Gasteiger charge is 2.23.